The average Bonchev–Trinajstić information content (AvgIpc) is 2.54. The van der Waals surface area contributed by atoms with Crippen molar-refractivity contribution in [2.24, 2.45) is 11.8 Å². The molecule has 2 aliphatic carbocycles. The summed E-state index contributed by atoms with van der Waals surface area (Å²) in [6.07, 6.45) is 11.3. The lowest BCUT2D eigenvalue weighted by atomic mass is 9.98. The highest BCUT2D eigenvalue weighted by atomic mass is 14.9. The van der Waals surface area contributed by atoms with E-state index in [2.05, 4.69) is 31.0 Å². The third-order valence-corrected chi connectivity index (χ3v) is 3.70. The number of rotatable bonds is 3. The molecule has 0 amide bonds. The van der Waals surface area contributed by atoms with Crippen LogP contribution in [0.2, 0.25) is 0 Å². The van der Waals surface area contributed by atoms with E-state index in [1.165, 1.54) is 31.4 Å². The number of allylic oxidation sites excluding steroid dienone is 2. The summed E-state index contributed by atoms with van der Waals surface area (Å²) in [6.45, 7) is 6.20. The maximum atomic E-state index is 4.04. The minimum atomic E-state index is 0.565. The zero-order valence-corrected chi connectivity index (χ0v) is 9.13. The molecule has 0 aromatic heterocycles. The normalized spacial score (nSPS) is 35.4. The van der Waals surface area contributed by atoms with Crippen molar-refractivity contribution in [1.29, 1.82) is 0 Å². The smallest absolute Gasteiger partial charge is 0.0469 e. The van der Waals surface area contributed by atoms with Gasteiger partial charge in [-0.2, -0.15) is 0 Å². The largest absolute Gasteiger partial charge is 0.382 e. The fourth-order valence-corrected chi connectivity index (χ4v) is 2.73. The van der Waals surface area contributed by atoms with Gasteiger partial charge in [-0.1, -0.05) is 25.7 Å². The Balaban J connectivity index is 1.99. The summed E-state index contributed by atoms with van der Waals surface area (Å²) in [7, 11) is 0. The third-order valence-electron chi connectivity index (χ3n) is 3.70. The van der Waals surface area contributed by atoms with E-state index in [0.717, 1.165) is 18.3 Å². The second-order valence-corrected chi connectivity index (χ2v) is 4.73. The third kappa shape index (κ3) is 2.02. The topological polar surface area (TPSA) is 12.0 Å². The lowest BCUT2D eigenvalue weighted by molar-refractivity contribution is 0.427. The average molecular weight is 191 g/mol. The molecule has 14 heavy (non-hydrogen) atoms. The van der Waals surface area contributed by atoms with Gasteiger partial charge in [-0.25, -0.2) is 0 Å². The first-order chi connectivity index (χ1) is 6.79. The highest BCUT2D eigenvalue weighted by molar-refractivity contribution is 5.08. The predicted molar refractivity (Wildman–Crippen MR) is 60.9 cm³/mol. The Bertz CT molecular complexity index is 242. The highest BCUT2D eigenvalue weighted by Gasteiger charge is 2.30. The molecule has 2 rings (SSSR count). The zero-order chi connectivity index (χ0) is 9.97. The number of hydrogen-bond acceptors (Lipinski definition) is 1. The van der Waals surface area contributed by atoms with Crippen LogP contribution < -0.4 is 5.32 Å². The molecule has 0 heterocycles. The van der Waals surface area contributed by atoms with Gasteiger partial charge in [0.2, 0.25) is 0 Å². The van der Waals surface area contributed by atoms with Gasteiger partial charge in [0.25, 0.3) is 0 Å². The minimum absolute atomic E-state index is 0.565. The predicted octanol–water partition coefficient (Wildman–Crippen LogP) is 3.24. The quantitative estimate of drug-likeness (QED) is 0.675. The summed E-state index contributed by atoms with van der Waals surface area (Å²) >= 11 is 0. The Morgan fingerprint density at radius 1 is 1.50 bits per heavy atom. The van der Waals surface area contributed by atoms with Crippen molar-refractivity contribution in [3.8, 4) is 0 Å². The second-order valence-electron chi connectivity index (χ2n) is 4.73. The first-order valence-electron chi connectivity index (χ1n) is 5.90. The number of hydrogen-bond donors (Lipinski definition) is 1. The molecule has 1 heteroatoms. The Kier molecular flexibility index (Phi) is 2.95. The van der Waals surface area contributed by atoms with Gasteiger partial charge in [0, 0.05) is 11.7 Å². The molecular formula is C13H21N. The van der Waals surface area contributed by atoms with E-state index in [1.54, 1.807) is 0 Å². The molecule has 1 N–H and O–H groups in total. The Hall–Kier alpha value is -0.720. The summed E-state index contributed by atoms with van der Waals surface area (Å²) < 4.78 is 0. The summed E-state index contributed by atoms with van der Waals surface area (Å²) in [5, 5.41) is 3.55. The van der Waals surface area contributed by atoms with Crippen LogP contribution in [-0.2, 0) is 0 Å². The molecule has 0 radical (unpaired) electrons. The molecule has 2 aliphatic rings. The fraction of sp³-hybridized carbons (Fsp3) is 0.692. The van der Waals surface area contributed by atoms with E-state index in [-0.39, 0.29) is 0 Å². The molecule has 3 atom stereocenters. The van der Waals surface area contributed by atoms with Crippen LogP contribution in [0.25, 0.3) is 0 Å². The van der Waals surface area contributed by atoms with E-state index in [4.69, 9.17) is 0 Å². The molecule has 1 nitrogen and oxygen atoms in total. The lowest BCUT2D eigenvalue weighted by Crippen LogP contribution is -2.32. The molecule has 3 unspecified atom stereocenters. The highest BCUT2D eigenvalue weighted by Crippen LogP contribution is 2.38. The van der Waals surface area contributed by atoms with Gasteiger partial charge < -0.3 is 5.32 Å². The summed E-state index contributed by atoms with van der Waals surface area (Å²) in [5.74, 6) is 1.83. The van der Waals surface area contributed by atoms with Gasteiger partial charge in [0.05, 0.1) is 0 Å². The minimum Gasteiger partial charge on any atom is -0.382 e. The maximum absolute atomic E-state index is 4.04. The number of nitrogens with one attached hydrogen (secondary N) is 1. The van der Waals surface area contributed by atoms with Gasteiger partial charge in [0.15, 0.2) is 0 Å². The molecule has 2 bridgehead atoms. The molecule has 0 aliphatic heterocycles. The molecule has 0 aromatic carbocycles. The lowest BCUT2D eigenvalue weighted by Gasteiger charge is -2.23. The van der Waals surface area contributed by atoms with Gasteiger partial charge in [-0.15, -0.1) is 0 Å². The molecule has 0 aromatic rings. The van der Waals surface area contributed by atoms with Crippen molar-refractivity contribution in [1.82, 2.24) is 5.32 Å². The molecule has 78 valence electrons. The molecule has 1 fully saturated rings. The van der Waals surface area contributed by atoms with Gasteiger partial charge in [0.1, 0.15) is 0 Å². The van der Waals surface area contributed by atoms with Crippen molar-refractivity contribution in [3.05, 3.63) is 24.4 Å². The van der Waals surface area contributed by atoms with Crippen molar-refractivity contribution in [2.45, 2.75) is 45.1 Å². The van der Waals surface area contributed by atoms with Gasteiger partial charge >= 0.3 is 0 Å². The Morgan fingerprint density at radius 3 is 3.14 bits per heavy atom. The van der Waals surface area contributed by atoms with Crippen molar-refractivity contribution in [3.63, 3.8) is 0 Å². The Morgan fingerprint density at radius 2 is 2.36 bits per heavy atom. The number of fused-ring (bicyclic) bond motifs is 2. The summed E-state index contributed by atoms with van der Waals surface area (Å²) in [6, 6.07) is 0.565. The van der Waals surface area contributed by atoms with Crippen LogP contribution in [0.3, 0.4) is 0 Å². The van der Waals surface area contributed by atoms with Crippen LogP contribution in [0.5, 0.6) is 0 Å². The molecule has 0 spiro atoms. The van der Waals surface area contributed by atoms with Crippen LogP contribution in [0.15, 0.2) is 24.4 Å². The van der Waals surface area contributed by atoms with E-state index in [1.807, 2.05) is 0 Å². The zero-order valence-electron chi connectivity index (χ0n) is 9.13. The van der Waals surface area contributed by atoms with E-state index >= 15 is 0 Å². The molecule has 1 saturated carbocycles. The maximum Gasteiger partial charge on any atom is 0.0469 e. The van der Waals surface area contributed by atoms with Crippen LogP contribution in [0.1, 0.15) is 39.0 Å². The molecule has 0 saturated heterocycles. The van der Waals surface area contributed by atoms with Crippen molar-refractivity contribution < 1.29 is 0 Å². The van der Waals surface area contributed by atoms with Crippen molar-refractivity contribution in [2.75, 3.05) is 0 Å². The first-order valence-corrected chi connectivity index (χ1v) is 5.90. The van der Waals surface area contributed by atoms with Crippen LogP contribution in [0.4, 0.5) is 0 Å². The van der Waals surface area contributed by atoms with Crippen LogP contribution in [-0.4, -0.2) is 6.04 Å². The van der Waals surface area contributed by atoms with E-state index in [0.29, 0.717) is 6.04 Å². The summed E-state index contributed by atoms with van der Waals surface area (Å²) in [5.41, 5.74) is 1.19. The van der Waals surface area contributed by atoms with Crippen LogP contribution >= 0.6 is 0 Å². The summed E-state index contributed by atoms with van der Waals surface area (Å²) in [4.78, 5) is 0. The fourth-order valence-electron chi connectivity index (χ4n) is 2.73. The van der Waals surface area contributed by atoms with Gasteiger partial charge in [-0.05, 0) is 43.9 Å². The monoisotopic (exact) mass is 191 g/mol. The van der Waals surface area contributed by atoms with Gasteiger partial charge in [-0.3, -0.25) is 0 Å². The SMILES string of the molecule is C=C(CC)NC1C=CCC2CCC1C2. The second kappa shape index (κ2) is 4.20. The van der Waals surface area contributed by atoms with E-state index in [9.17, 15) is 0 Å². The Labute approximate surface area is 87.3 Å². The standard InChI is InChI=1S/C13H21N/c1-3-10(2)14-13-6-4-5-11-7-8-12(13)9-11/h4,6,11-14H,2-3,5,7-9H2,1H3. The van der Waals surface area contributed by atoms with E-state index < -0.39 is 0 Å². The first kappa shape index (κ1) is 9.82. The van der Waals surface area contributed by atoms with Crippen molar-refractivity contribution >= 4 is 0 Å². The molecular weight excluding hydrogens is 170 g/mol. The van der Waals surface area contributed by atoms with Crippen LogP contribution in [0, 0.1) is 11.8 Å².